The molecule has 1 aromatic carbocycles. The van der Waals surface area contributed by atoms with Gasteiger partial charge in [-0.05, 0) is 30.5 Å². The van der Waals surface area contributed by atoms with E-state index in [-0.39, 0.29) is 12.2 Å². The fourth-order valence-corrected chi connectivity index (χ4v) is 2.83. The summed E-state index contributed by atoms with van der Waals surface area (Å²) in [5, 5.41) is 0. The maximum atomic E-state index is 13.8. The van der Waals surface area contributed by atoms with Gasteiger partial charge in [0.2, 0.25) is 5.79 Å². The van der Waals surface area contributed by atoms with Crippen molar-refractivity contribution < 1.29 is 23.3 Å². The van der Waals surface area contributed by atoms with E-state index >= 15 is 0 Å². The molecule has 0 amide bonds. The lowest BCUT2D eigenvalue weighted by Crippen LogP contribution is -2.46. The molecule has 2 fully saturated rings. The molecule has 1 saturated carbocycles. The van der Waals surface area contributed by atoms with Crippen LogP contribution in [0.2, 0.25) is 0 Å². The van der Waals surface area contributed by atoms with Gasteiger partial charge in [0.25, 0.3) is 0 Å². The first kappa shape index (κ1) is 14.6. The molecule has 1 aliphatic carbocycles. The molecule has 1 heterocycles. The van der Waals surface area contributed by atoms with E-state index < -0.39 is 23.5 Å². The van der Waals surface area contributed by atoms with Gasteiger partial charge in [-0.1, -0.05) is 13.0 Å². The van der Waals surface area contributed by atoms with Crippen molar-refractivity contribution in [3.8, 4) is 0 Å². The number of benzene rings is 1. The third kappa shape index (κ3) is 3.00. The third-order valence-electron chi connectivity index (χ3n) is 4.09. The standard InChI is InChI=1S/C16H18F2O3/c1-11(13-6-5-12(17)9-14(13)18)15-10-19-16(21-20-15)7-3-2-4-8-16/h5-6,9,15H,1-4,7-8,10H2. The molecule has 0 aromatic heterocycles. The average Bonchev–Trinajstić information content (AvgIpc) is 2.48. The Bertz CT molecular complexity index is 528. The van der Waals surface area contributed by atoms with Crippen LogP contribution >= 0.6 is 0 Å². The summed E-state index contributed by atoms with van der Waals surface area (Å²) in [7, 11) is 0. The minimum atomic E-state index is -0.665. The van der Waals surface area contributed by atoms with Gasteiger partial charge in [0, 0.05) is 24.5 Å². The lowest BCUT2D eigenvalue weighted by atomic mass is 9.94. The van der Waals surface area contributed by atoms with E-state index in [1.807, 2.05) is 0 Å². The summed E-state index contributed by atoms with van der Waals surface area (Å²) in [5.74, 6) is -1.94. The second-order valence-electron chi connectivity index (χ2n) is 5.60. The van der Waals surface area contributed by atoms with E-state index in [0.717, 1.165) is 31.7 Å². The first-order chi connectivity index (χ1) is 10.1. The molecule has 1 spiro atoms. The van der Waals surface area contributed by atoms with E-state index in [1.165, 1.54) is 18.6 Å². The van der Waals surface area contributed by atoms with Gasteiger partial charge in [0.1, 0.15) is 17.7 Å². The molecule has 1 unspecified atom stereocenters. The van der Waals surface area contributed by atoms with Crippen LogP contribution in [-0.4, -0.2) is 18.5 Å². The van der Waals surface area contributed by atoms with Crippen LogP contribution in [0.5, 0.6) is 0 Å². The summed E-state index contributed by atoms with van der Waals surface area (Å²) in [5.41, 5.74) is 0.603. The number of halogens is 2. The van der Waals surface area contributed by atoms with Crippen molar-refractivity contribution in [1.82, 2.24) is 0 Å². The van der Waals surface area contributed by atoms with Crippen molar-refractivity contribution in [2.75, 3.05) is 6.61 Å². The Hall–Kier alpha value is -1.30. The highest BCUT2D eigenvalue weighted by Crippen LogP contribution is 2.37. The summed E-state index contributed by atoms with van der Waals surface area (Å²) in [4.78, 5) is 10.8. The normalized spacial score (nSPS) is 25.0. The molecule has 1 aromatic rings. The number of rotatable bonds is 2. The molecule has 5 heteroatoms. The van der Waals surface area contributed by atoms with Gasteiger partial charge >= 0.3 is 0 Å². The Kier molecular flexibility index (Phi) is 4.06. The number of ether oxygens (including phenoxy) is 1. The topological polar surface area (TPSA) is 27.7 Å². The van der Waals surface area contributed by atoms with Crippen LogP contribution in [0, 0.1) is 11.6 Å². The SMILES string of the molecule is C=C(c1ccc(F)cc1F)C1COC2(CCCCC2)OO1. The monoisotopic (exact) mass is 296 g/mol. The molecule has 3 rings (SSSR count). The molecule has 1 aliphatic heterocycles. The van der Waals surface area contributed by atoms with Gasteiger partial charge in [-0.3, -0.25) is 0 Å². The first-order valence-electron chi connectivity index (χ1n) is 7.22. The van der Waals surface area contributed by atoms with Crippen molar-refractivity contribution in [3.63, 3.8) is 0 Å². The van der Waals surface area contributed by atoms with Gasteiger partial charge in [0.05, 0.1) is 6.61 Å². The molecule has 1 atom stereocenters. The van der Waals surface area contributed by atoms with Crippen LogP contribution in [0.15, 0.2) is 24.8 Å². The third-order valence-corrected chi connectivity index (χ3v) is 4.09. The van der Waals surface area contributed by atoms with Crippen LogP contribution in [0.4, 0.5) is 8.78 Å². The fraction of sp³-hybridized carbons (Fsp3) is 0.500. The summed E-state index contributed by atoms with van der Waals surface area (Å²) in [6, 6.07) is 3.37. The maximum absolute atomic E-state index is 13.8. The second-order valence-corrected chi connectivity index (χ2v) is 5.60. The largest absolute Gasteiger partial charge is 0.344 e. The summed E-state index contributed by atoms with van der Waals surface area (Å²) < 4.78 is 32.5. The zero-order valence-electron chi connectivity index (χ0n) is 11.7. The Balaban J connectivity index is 1.67. The fourth-order valence-electron chi connectivity index (χ4n) is 2.83. The highest BCUT2D eigenvalue weighted by atomic mass is 19.1. The quantitative estimate of drug-likeness (QED) is 0.772. The minimum absolute atomic E-state index is 0.216. The molecular formula is C16H18F2O3. The molecule has 2 aliphatic rings. The highest BCUT2D eigenvalue weighted by molar-refractivity contribution is 5.67. The molecular weight excluding hydrogens is 278 g/mol. The van der Waals surface area contributed by atoms with E-state index in [1.54, 1.807) is 0 Å². The Morgan fingerprint density at radius 2 is 1.95 bits per heavy atom. The van der Waals surface area contributed by atoms with Crippen LogP contribution in [-0.2, 0) is 14.5 Å². The van der Waals surface area contributed by atoms with E-state index in [0.29, 0.717) is 5.57 Å². The van der Waals surface area contributed by atoms with Gasteiger partial charge in [-0.25, -0.2) is 18.6 Å². The van der Waals surface area contributed by atoms with E-state index in [4.69, 9.17) is 14.5 Å². The van der Waals surface area contributed by atoms with Crippen LogP contribution in [0.25, 0.3) is 5.57 Å². The van der Waals surface area contributed by atoms with E-state index in [9.17, 15) is 8.78 Å². The van der Waals surface area contributed by atoms with Gasteiger partial charge in [-0.2, -0.15) is 0 Å². The molecule has 0 radical (unpaired) electrons. The predicted molar refractivity (Wildman–Crippen MR) is 73.1 cm³/mol. The van der Waals surface area contributed by atoms with Crippen molar-refractivity contribution >= 4 is 5.57 Å². The van der Waals surface area contributed by atoms with Crippen molar-refractivity contribution in [2.24, 2.45) is 0 Å². The van der Waals surface area contributed by atoms with E-state index in [2.05, 4.69) is 6.58 Å². The van der Waals surface area contributed by atoms with Crippen molar-refractivity contribution in [1.29, 1.82) is 0 Å². The number of hydrogen-bond acceptors (Lipinski definition) is 3. The summed E-state index contributed by atoms with van der Waals surface area (Å²) in [6.45, 7) is 4.08. The Morgan fingerprint density at radius 1 is 1.19 bits per heavy atom. The van der Waals surface area contributed by atoms with Gasteiger partial charge in [0.15, 0.2) is 0 Å². The lowest BCUT2D eigenvalue weighted by molar-refractivity contribution is -0.483. The Labute approximate surface area is 122 Å². The predicted octanol–water partition coefficient (Wildman–Crippen LogP) is 3.99. The molecule has 114 valence electrons. The first-order valence-corrected chi connectivity index (χ1v) is 7.22. The molecule has 1 saturated heterocycles. The van der Waals surface area contributed by atoms with Crippen molar-refractivity contribution in [3.05, 3.63) is 42.0 Å². The average molecular weight is 296 g/mol. The van der Waals surface area contributed by atoms with Crippen LogP contribution in [0.1, 0.15) is 37.7 Å². The maximum Gasteiger partial charge on any atom is 0.201 e. The lowest BCUT2D eigenvalue weighted by Gasteiger charge is -2.41. The smallest absolute Gasteiger partial charge is 0.201 e. The summed E-state index contributed by atoms with van der Waals surface area (Å²) >= 11 is 0. The zero-order chi connectivity index (χ0) is 14.9. The zero-order valence-corrected chi connectivity index (χ0v) is 11.7. The van der Waals surface area contributed by atoms with Gasteiger partial charge < -0.3 is 4.74 Å². The van der Waals surface area contributed by atoms with Crippen LogP contribution in [0.3, 0.4) is 0 Å². The molecule has 3 nitrogen and oxygen atoms in total. The second kappa shape index (κ2) is 5.83. The minimum Gasteiger partial charge on any atom is -0.344 e. The molecule has 0 N–H and O–H groups in total. The van der Waals surface area contributed by atoms with Gasteiger partial charge in [-0.15, -0.1) is 0 Å². The Morgan fingerprint density at radius 3 is 2.57 bits per heavy atom. The summed E-state index contributed by atoms with van der Waals surface area (Å²) in [6.07, 6.45) is 4.28. The number of hydrogen-bond donors (Lipinski definition) is 0. The van der Waals surface area contributed by atoms with Crippen LogP contribution < -0.4 is 0 Å². The highest BCUT2D eigenvalue weighted by Gasteiger charge is 2.41. The van der Waals surface area contributed by atoms with Crippen molar-refractivity contribution in [2.45, 2.75) is 44.0 Å². The molecule has 0 bridgehead atoms. The molecule has 21 heavy (non-hydrogen) atoms.